The Morgan fingerprint density at radius 2 is 1.87 bits per heavy atom. The Bertz CT molecular complexity index is 503. The van der Waals surface area contributed by atoms with Gasteiger partial charge in [-0.15, -0.1) is 12.3 Å². The van der Waals surface area contributed by atoms with Gasteiger partial charge < -0.3 is 0 Å². The highest BCUT2D eigenvalue weighted by Gasteiger charge is 2.10. The Labute approximate surface area is 88.7 Å². The second-order valence-corrected chi connectivity index (χ2v) is 3.44. The first-order valence-corrected chi connectivity index (χ1v) is 4.88. The van der Waals surface area contributed by atoms with Crippen molar-refractivity contribution in [3.05, 3.63) is 48.0 Å². The van der Waals surface area contributed by atoms with Gasteiger partial charge in [0.25, 0.3) is 0 Å². The van der Waals surface area contributed by atoms with Crippen LogP contribution in [0.2, 0.25) is 0 Å². The Morgan fingerprint density at radius 3 is 2.67 bits per heavy atom. The van der Waals surface area contributed by atoms with Crippen LogP contribution in [0.4, 0.5) is 4.39 Å². The fourth-order valence-corrected chi connectivity index (χ4v) is 1.74. The minimum atomic E-state index is -1.07. The molecular formula is C14H11F. The molecule has 2 rings (SSSR count). The molecule has 0 aliphatic rings. The van der Waals surface area contributed by atoms with Crippen LogP contribution in [0.3, 0.4) is 0 Å². The van der Waals surface area contributed by atoms with Crippen LogP contribution in [0, 0.1) is 12.3 Å². The maximum atomic E-state index is 13.7. The van der Waals surface area contributed by atoms with Crippen molar-refractivity contribution in [2.24, 2.45) is 0 Å². The molecule has 15 heavy (non-hydrogen) atoms. The highest BCUT2D eigenvalue weighted by Crippen LogP contribution is 2.28. The van der Waals surface area contributed by atoms with Crippen LogP contribution in [-0.2, 0) is 0 Å². The average molecular weight is 198 g/mol. The number of benzene rings is 2. The molecule has 74 valence electrons. The molecule has 2 aromatic rings. The quantitative estimate of drug-likeness (QED) is 0.642. The highest BCUT2D eigenvalue weighted by molar-refractivity contribution is 5.85. The zero-order chi connectivity index (χ0) is 10.7. The molecule has 0 saturated heterocycles. The van der Waals surface area contributed by atoms with Crippen molar-refractivity contribution < 1.29 is 4.39 Å². The van der Waals surface area contributed by atoms with Gasteiger partial charge in [-0.1, -0.05) is 42.5 Å². The fourth-order valence-electron chi connectivity index (χ4n) is 1.74. The van der Waals surface area contributed by atoms with Crippen LogP contribution in [-0.4, -0.2) is 0 Å². The molecule has 0 spiro atoms. The van der Waals surface area contributed by atoms with Gasteiger partial charge in [0.2, 0.25) is 0 Å². The van der Waals surface area contributed by atoms with E-state index in [1.54, 1.807) is 6.07 Å². The first-order chi connectivity index (χ1) is 7.33. The second kappa shape index (κ2) is 4.14. The number of rotatable bonds is 2. The van der Waals surface area contributed by atoms with Crippen LogP contribution < -0.4 is 0 Å². The van der Waals surface area contributed by atoms with Gasteiger partial charge in [0.1, 0.15) is 6.17 Å². The summed E-state index contributed by atoms with van der Waals surface area (Å²) in [5, 5.41) is 2.00. The van der Waals surface area contributed by atoms with E-state index < -0.39 is 6.17 Å². The van der Waals surface area contributed by atoms with E-state index in [4.69, 9.17) is 6.42 Å². The normalized spacial score (nSPS) is 12.3. The average Bonchev–Trinajstić information content (AvgIpc) is 2.28. The fraction of sp³-hybridized carbons (Fsp3) is 0.143. The minimum absolute atomic E-state index is 0.133. The van der Waals surface area contributed by atoms with Crippen molar-refractivity contribution in [3.63, 3.8) is 0 Å². The van der Waals surface area contributed by atoms with Crippen molar-refractivity contribution in [2.45, 2.75) is 12.6 Å². The van der Waals surface area contributed by atoms with Gasteiger partial charge >= 0.3 is 0 Å². The van der Waals surface area contributed by atoms with Crippen molar-refractivity contribution in [1.82, 2.24) is 0 Å². The van der Waals surface area contributed by atoms with Crippen molar-refractivity contribution in [3.8, 4) is 12.3 Å². The van der Waals surface area contributed by atoms with Gasteiger partial charge in [-0.3, -0.25) is 0 Å². The summed E-state index contributed by atoms with van der Waals surface area (Å²) in [7, 11) is 0. The predicted octanol–water partition coefficient (Wildman–Crippen LogP) is 3.87. The highest BCUT2D eigenvalue weighted by atomic mass is 19.1. The van der Waals surface area contributed by atoms with Gasteiger partial charge in [0.05, 0.1) is 0 Å². The van der Waals surface area contributed by atoms with E-state index in [0.717, 1.165) is 10.8 Å². The van der Waals surface area contributed by atoms with Gasteiger partial charge in [0, 0.05) is 6.42 Å². The summed E-state index contributed by atoms with van der Waals surface area (Å²) in [5.41, 5.74) is 0.686. The molecule has 0 N–H and O–H groups in total. The van der Waals surface area contributed by atoms with E-state index in [-0.39, 0.29) is 6.42 Å². The number of halogens is 1. The molecule has 0 aliphatic carbocycles. The molecule has 0 fully saturated rings. The third-order valence-corrected chi connectivity index (χ3v) is 2.46. The third kappa shape index (κ3) is 1.85. The Balaban J connectivity index is 2.56. The van der Waals surface area contributed by atoms with E-state index in [1.807, 2.05) is 36.4 Å². The van der Waals surface area contributed by atoms with E-state index in [1.165, 1.54) is 0 Å². The standard InChI is InChI=1S/C14H11F/c1-2-6-14(15)13-10-5-8-11-7-3-4-9-12(11)13/h1,3-5,7-10,14H,6H2. The molecule has 0 nitrogen and oxygen atoms in total. The Morgan fingerprint density at radius 1 is 1.13 bits per heavy atom. The van der Waals surface area contributed by atoms with Crippen LogP contribution in [0.5, 0.6) is 0 Å². The molecule has 1 atom stereocenters. The molecule has 0 radical (unpaired) electrons. The van der Waals surface area contributed by atoms with Crippen molar-refractivity contribution >= 4 is 10.8 Å². The SMILES string of the molecule is C#CCC(F)c1cccc2ccccc12. The number of hydrogen-bond acceptors (Lipinski definition) is 0. The predicted molar refractivity (Wildman–Crippen MR) is 61.2 cm³/mol. The summed E-state index contributed by atoms with van der Waals surface area (Å²) in [6, 6.07) is 13.4. The molecule has 0 bridgehead atoms. The zero-order valence-corrected chi connectivity index (χ0v) is 8.28. The van der Waals surface area contributed by atoms with Crippen LogP contribution in [0.1, 0.15) is 18.2 Å². The number of terminal acetylenes is 1. The van der Waals surface area contributed by atoms with E-state index in [2.05, 4.69) is 5.92 Å². The number of fused-ring (bicyclic) bond motifs is 1. The topological polar surface area (TPSA) is 0 Å². The van der Waals surface area contributed by atoms with Gasteiger partial charge in [-0.25, -0.2) is 4.39 Å². The summed E-state index contributed by atoms with van der Waals surface area (Å²) in [5.74, 6) is 2.36. The molecular weight excluding hydrogens is 187 g/mol. The molecule has 0 aliphatic heterocycles. The lowest BCUT2D eigenvalue weighted by Gasteiger charge is -2.08. The van der Waals surface area contributed by atoms with Crippen molar-refractivity contribution in [2.75, 3.05) is 0 Å². The summed E-state index contributed by atoms with van der Waals surface area (Å²) in [6.45, 7) is 0. The smallest absolute Gasteiger partial charge is 0.137 e. The molecule has 0 amide bonds. The number of alkyl halides is 1. The van der Waals surface area contributed by atoms with Crippen LogP contribution in [0.25, 0.3) is 10.8 Å². The lowest BCUT2D eigenvalue weighted by Crippen LogP contribution is -1.91. The maximum absolute atomic E-state index is 13.7. The third-order valence-electron chi connectivity index (χ3n) is 2.46. The Hall–Kier alpha value is -1.81. The molecule has 1 unspecified atom stereocenters. The summed E-state index contributed by atoms with van der Waals surface area (Å²) in [6.07, 6.45) is 4.19. The van der Waals surface area contributed by atoms with Gasteiger partial charge in [0.15, 0.2) is 0 Å². The molecule has 1 heteroatoms. The lowest BCUT2D eigenvalue weighted by molar-refractivity contribution is 0.354. The second-order valence-electron chi connectivity index (χ2n) is 3.44. The van der Waals surface area contributed by atoms with Gasteiger partial charge in [-0.2, -0.15) is 0 Å². The lowest BCUT2D eigenvalue weighted by atomic mass is 10.00. The maximum Gasteiger partial charge on any atom is 0.137 e. The Kier molecular flexibility index (Phi) is 2.69. The molecule has 0 aromatic heterocycles. The van der Waals surface area contributed by atoms with Crippen molar-refractivity contribution in [1.29, 1.82) is 0 Å². The molecule has 0 heterocycles. The first-order valence-electron chi connectivity index (χ1n) is 4.88. The molecule has 2 aromatic carbocycles. The molecule has 0 saturated carbocycles. The summed E-state index contributed by atoms with van der Waals surface area (Å²) < 4.78 is 13.7. The summed E-state index contributed by atoms with van der Waals surface area (Å²) in [4.78, 5) is 0. The number of hydrogen-bond donors (Lipinski definition) is 0. The summed E-state index contributed by atoms with van der Waals surface area (Å²) >= 11 is 0. The monoisotopic (exact) mass is 198 g/mol. The van der Waals surface area contributed by atoms with Crippen LogP contribution >= 0.6 is 0 Å². The largest absolute Gasteiger partial charge is 0.241 e. The zero-order valence-electron chi connectivity index (χ0n) is 8.28. The van der Waals surface area contributed by atoms with Crippen LogP contribution in [0.15, 0.2) is 42.5 Å². The minimum Gasteiger partial charge on any atom is -0.241 e. The van der Waals surface area contributed by atoms with E-state index >= 15 is 0 Å². The van der Waals surface area contributed by atoms with Gasteiger partial charge in [-0.05, 0) is 16.3 Å². The first kappa shape index (κ1) is 9.73. The van der Waals surface area contributed by atoms with E-state index in [9.17, 15) is 4.39 Å². The van der Waals surface area contributed by atoms with E-state index in [0.29, 0.717) is 5.56 Å².